The minimum absolute atomic E-state index is 0.00833. The van der Waals surface area contributed by atoms with Crippen LogP contribution in [0.1, 0.15) is 61.8 Å². The van der Waals surface area contributed by atoms with Gasteiger partial charge in [-0.3, -0.25) is 4.79 Å². The van der Waals surface area contributed by atoms with Crippen LogP contribution < -0.4 is 21.3 Å². The van der Waals surface area contributed by atoms with Crippen molar-refractivity contribution < 1.29 is 4.79 Å². The second kappa shape index (κ2) is 10.1. The summed E-state index contributed by atoms with van der Waals surface area (Å²) < 4.78 is 0. The summed E-state index contributed by atoms with van der Waals surface area (Å²) in [6.07, 6.45) is 4.97. The third-order valence-corrected chi connectivity index (χ3v) is 7.58. The number of nitrogens with one attached hydrogen (secondary N) is 4. The second-order valence-electron chi connectivity index (χ2n) is 10.1. The van der Waals surface area contributed by atoms with E-state index < -0.39 is 5.41 Å². The number of carbonyl (C=O) groups excluding carboxylic acids is 1. The number of amides is 1. The summed E-state index contributed by atoms with van der Waals surface area (Å²) in [5.74, 6) is 1.61. The lowest BCUT2D eigenvalue weighted by atomic mass is 9.83. The molecule has 8 heteroatoms. The Kier molecular flexibility index (Phi) is 6.86. The van der Waals surface area contributed by atoms with E-state index in [-0.39, 0.29) is 5.91 Å². The predicted octanol–water partition coefficient (Wildman–Crippen LogP) is 5.74. The number of anilines is 4. The molecule has 1 saturated heterocycles. The molecule has 1 atom stereocenters. The van der Waals surface area contributed by atoms with Gasteiger partial charge in [0.05, 0.1) is 11.6 Å². The molecule has 0 spiro atoms. The molecule has 1 fully saturated rings. The molecule has 2 aromatic carbocycles. The summed E-state index contributed by atoms with van der Waals surface area (Å²) in [5.41, 5.74) is 5.94. The SMILES string of the molecule is CCc1cc(C2CCCNC2)ccc1Nc1ncc(Cl)c(NCc2cccc3c2C(C)(C)C(=O)N3)n1. The monoisotopic (exact) mass is 504 g/mol. The van der Waals surface area contributed by atoms with E-state index in [1.807, 2.05) is 32.0 Å². The topological polar surface area (TPSA) is 91.0 Å². The van der Waals surface area contributed by atoms with E-state index in [1.165, 1.54) is 24.0 Å². The van der Waals surface area contributed by atoms with Crippen molar-refractivity contribution in [2.45, 2.75) is 57.9 Å². The van der Waals surface area contributed by atoms with Gasteiger partial charge in [-0.2, -0.15) is 4.98 Å². The van der Waals surface area contributed by atoms with Gasteiger partial charge in [0.15, 0.2) is 5.82 Å². The summed E-state index contributed by atoms with van der Waals surface area (Å²) in [4.78, 5) is 21.5. The van der Waals surface area contributed by atoms with Crippen LogP contribution in [0.3, 0.4) is 0 Å². The lowest BCUT2D eigenvalue weighted by Gasteiger charge is -2.24. The number of aromatic nitrogens is 2. The van der Waals surface area contributed by atoms with Crippen LogP contribution in [0.2, 0.25) is 5.02 Å². The smallest absolute Gasteiger partial charge is 0.234 e. The van der Waals surface area contributed by atoms with Crippen LogP contribution in [-0.2, 0) is 23.2 Å². The lowest BCUT2D eigenvalue weighted by Crippen LogP contribution is -2.28. The van der Waals surface area contributed by atoms with Gasteiger partial charge in [0.25, 0.3) is 0 Å². The molecule has 1 aromatic heterocycles. The van der Waals surface area contributed by atoms with Crippen LogP contribution in [0.15, 0.2) is 42.6 Å². The van der Waals surface area contributed by atoms with Crippen LogP contribution in [0.4, 0.5) is 23.1 Å². The van der Waals surface area contributed by atoms with E-state index in [0.717, 1.165) is 42.0 Å². The molecule has 3 heterocycles. The highest BCUT2D eigenvalue weighted by Crippen LogP contribution is 2.40. The van der Waals surface area contributed by atoms with Gasteiger partial charge >= 0.3 is 0 Å². The first-order valence-corrected chi connectivity index (χ1v) is 13.1. The number of hydrogen-bond donors (Lipinski definition) is 4. The Labute approximate surface area is 217 Å². The van der Waals surface area contributed by atoms with Crippen LogP contribution in [0.5, 0.6) is 0 Å². The molecule has 5 rings (SSSR count). The van der Waals surface area contributed by atoms with Gasteiger partial charge in [-0.05, 0) is 80.0 Å². The molecule has 0 radical (unpaired) electrons. The zero-order valence-corrected chi connectivity index (χ0v) is 21.8. The number of halogens is 1. The number of nitrogens with zero attached hydrogens (tertiary/aromatic N) is 2. The van der Waals surface area contributed by atoms with Gasteiger partial charge in [0, 0.05) is 24.5 Å². The Balaban J connectivity index is 1.34. The van der Waals surface area contributed by atoms with Crippen molar-refractivity contribution in [3.63, 3.8) is 0 Å². The lowest BCUT2D eigenvalue weighted by molar-refractivity contribution is -0.119. The fraction of sp³-hybridized carbons (Fsp3) is 0.393. The summed E-state index contributed by atoms with van der Waals surface area (Å²) in [5, 5.41) is 13.7. The van der Waals surface area contributed by atoms with E-state index in [0.29, 0.717) is 29.3 Å². The molecule has 2 aliphatic heterocycles. The number of fused-ring (bicyclic) bond motifs is 1. The minimum Gasteiger partial charge on any atom is -0.365 e. The van der Waals surface area contributed by atoms with Crippen molar-refractivity contribution in [3.8, 4) is 0 Å². The number of benzene rings is 2. The highest BCUT2D eigenvalue weighted by Gasteiger charge is 2.39. The van der Waals surface area contributed by atoms with E-state index in [9.17, 15) is 4.79 Å². The molecule has 0 aliphatic carbocycles. The maximum Gasteiger partial charge on any atom is 0.234 e. The number of aryl methyl sites for hydroxylation is 1. The van der Waals surface area contributed by atoms with Crippen molar-refractivity contribution in [1.29, 1.82) is 0 Å². The maximum atomic E-state index is 12.4. The highest BCUT2D eigenvalue weighted by molar-refractivity contribution is 6.32. The number of hydrogen-bond acceptors (Lipinski definition) is 6. The number of piperidine rings is 1. The first-order chi connectivity index (χ1) is 17.4. The third kappa shape index (κ3) is 4.77. The molecule has 2 aliphatic rings. The molecule has 1 unspecified atom stereocenters. The average molecular weight is 505 g/mol. The molecule has 0 bridgehead atoms. The Morgan fingerprint density at radius 1 is 1.19 bits per heavy atom. The van der Waals surface area contributed by atoms with Crippen molar-refractivity contribution in [1.82, 2.24) is 15.3 Å². The van der Waals surface area contributed by atoms with Gasteiger partial charge in [-0.25, -0.2) is 4.98 Å². The summed E-state index contributed by atoms with van der Waals surface area (Å²) in [6.45, 7) is 8.69. The van der Waals surface area contributed by atoms with E-state index in [2.05, 4.69) is 56.4 Å². The Morgan fingerprint density at radius 2 is 2.06 bits per heavy atom. The Bertz CT molecular complexity index is 1290. The zero-order valence-electron chi connectivity index (χ0n) is 21.0. The fourth-order valence-corrected chi connectivity index (χ4v) is 5.41. The molecule has 7 nitrogen and oxygen atoms in total. The van der Waals surface area contributed by atoms with Gasteiger partial charge in [0.2, 0.25) is 11.9 Å². The largest absolute Gasteiger partial charge is 0.365 e. The number of carbonyl (C=O) groups is 1. The highest BCUT2D eigenvalue weighted by atomic mass is 35.5. The molecule has 188 valence electrons. The van der Waals surface area contributed by atoms with Crippen LogP contribution in [0, 0.1) is 0 Å². The standard InChI is InChI=1S/C28H33ClN6O/c1-4-17-13-18(19-8-6-12-30-14-19)10-11-22(17)34-27-32-16-21(29)25(35-27)31-15-20-7-5-9-23-24(20)28(2,3)26(36)33-23/h5,7,9-11,13,16,19,30H,4,6,8,12,14-15H2,1-3H3,(H,33,36)(H2,31,32,34,35). The predicted molar refractivity (Wildman–Crippen MR) is 146 cm³/mol. The van der Waals surface area contributed by atoms with E-state index in [4.69, 9.17) is 11.6 Å². The minimum atomic E-state index is -0.591. The fourth-order valence-electron chi connectivity index (χ4n) is 5.25. The molecule has 3 aromatic rings. The van der Waals surface area contributed by atoms with Crippen molar-refractivity contribution in [3.05, 3.63) is 69.9 Å². The van der Waals surface area contributed by atoms with Crippen LogP contribution in [-0.4, -0.2) is 29.0 Å². The maximum absolute atomic E-state index is 12.4. The molecular weight excluding hydrogens is 472 g/mol. The molecular formula is C28H33ClN6O. The second-order valence-corrected chi connectivity index (χ2v) is 10.5. The van der Waals surface area contributed by atoms with Crippen molar-refractivity contribution in [2.24, 2.45) is 0 Å². The van der Waals surface area contributed by atoms with Crippen molar-refractivity contribution in [2.75, 3.05) is 29.0 Å². The van der Waals surface area contributed by atoms with Crippen molar-refractivity contribution >= 4 is 40.6 Å². The van der Waals surface area contributed by atoms with Gasteiger partial charge in [0.1, 0.15) is 5.02 Å². The summed E-state index contributed by atoms with van der Waals surface area (Å²) in [7, 11) is 0. The van der Waals surface area contributed by atoms with Gasteiger partial charge < -0.3 is 21.3 Å². The molecule has 1 amide bonds. The van der Waals surface area contributed by atoms with E-state index >= 15 is 0 Å². The Hall–Kier alpha value is -3.16. The first-order valence-electron chi connectivity index (χ1n) is 12.7. The molecule has 36 heavy (non-hydrogen) atoms. The van der Waals surface area contributed by atoms with E-state index in [1.54, 1.807) is 6.20 Å². The molecule has 4 N–H and O–H groups in total. The first kappa shape index (κ1) is 24.5. The normalized spacial score (nSPS) is 18.4. The average Bonchev–Trinajstić information content (AvgIpc) is 3.13. The zero-order chi connectivity index (χ0) is 25.3. The van der Waals surface area contributed by atoms with Crippen LogP contribution >= 0.6 is 11.6 Å². The summed E-state index contributed by atoms with van der Waals surface area (Å²) in [6, 6.07) is 12.6. The van der Waals surface area contributed by atoms with Gasteiger partial charge in [-0.15, -0.1) is 0 Å². The Morgan fingerprint density at radius 3 is 2.83 bits per heavy atom. The van der Waals surface area contributed by atoms with Gasteiger partial charge in [-0.1, -0.05) is 42.8 Å². The quantitative estimate of drug-likeness (QED) is 0.328. The third-order valence-electron chi connectivity index (χ3n) is 7.31. The number of rotatable bonds is 7. The summed E-state index contributed by atoms with van der Waals surface area (Å²) >= 11 is 6.44. The van der Waals surface area contributed by atoms with Crippen LogP contribution in [0.25, 0.3) is 0 Å². The molecule has 0 saturated carbocycles.